The van der Waals surface area contributed by atoms with Gasteiger partial charge in [0.1, 0.15) is 11.3 Å². The molecule has 0 saturated heterocycles. The number of anilines is 1. The molecule has 0 amide bonds. The first-order valence-electron chi connectivity index (χ1n) is 7.41. The SMILES string of the molecule is CC(C)n1c(C2Cc3ccccc3N2)nc2cccnc21. The van der Waals surface area contributed by atoms with Gasteiger partial charge in [0.25, 0.3) is 0 Å². The molecule has 2 aromatic heterocycles. The second kappa shape index (κ2) is 4.58. The maximum atomic E-state index is 4.84. The van der Waals surface area contributed by atoms with Crippen LogP contribution in [0.25, 0.3) is 11.2 Å². The highest BCUT2D eigenvalue weighted by atomic mass is 15.2. The minimum atomic E-state index is 0.221. The van der Waals surface area contributed by atoms with Gasteiger partial charge in [-0.05, 0) is 37.6 Å². The Morgan fingerprint density at radius 2 is 2.05 bits per heavy atom. The van der Waals surface area contributed by atoms with E-state index in [-0.39, 0.29) is 6.04 Å². The van der Waals surface area contributed by atoms with Gasteiger partial charge >= 0.3 is 0 Å². The summed E-state index contributed by atoms with van der Waals surface area (Å²) in [6.45, 7) is 4.36. The van der Waals surface area contributed by atoms with Gasteiger partial charge in [0.05, 0.1) is 6.04 Å². The van der Waals surface area contributed by atoms with Gasteiger partial charge in [-0.25, -0.2) is 9.97 Å². The lowest BCUT2D eigenvalue weighted by Gasteiger charge is -2.17. The summed E-state index contributed by atoms with van der Waals surface area (Å²) in [6, 6.07) is 13.0. The van der Waals surface area contributed by atoms with E-state index in [1.807, 2.05) is 18.3 Å². The third-order valence-corrected chi connectivity index (χ3v) is 4.08. The number of para-hydroxylation sites is 1. The zero-order valence-electron chi connectivity index (χ0n) is 12.2. The summed E-state index contributed by atoms with van der Waals surface area (Å²) >= 11 is 0. The lowest BCUT2D eigenvalue weighted by Crippen LogP contribution is -2.15. The molecule has 1 aromatic carbocycles. The fourth-order valence-corrected chi connectivity index (χ4v) is 3.16. The molecule has 0 spiro atoms. The summed E-state index contributed by atoms with van der Waals surface area (Å²) in [7, 11) is 0. The normalized spacial score (nSPS) is 17.2. The molecule has 4 heteroatoms. The first kappa shape index (κ1) is 12.4. The Balaban J connectivity index is 1.83. The number of hydrogen-bond acceptors (Lipinski definition) is 3. The van der Waals surface area contributed by atoms with Crippen molar-refractivity contribution in [2.75, 3.05) is 5.32 Å². The number of imidazole rings is 1. The van der Waals surface area contributed by atoms with Gasteiger partial charge in [0, 0.05) is 24.3 Å². The van der Waals surface area contributed by atoms with Gasteiger partial charge in [-0.2, -0.15) is 0 Å². The fraction of sp³-hybridized carbons (Fsp3) is 0.294. The maximum absolute atomic E-state index is 4.84. The number of hydrogen-bond donors (Lipinski definition) is 1. The monoisotopic (exact) mass is 278 g/mol. The summed E-state index contributed by atoms with van der Waals surface area (Å²) in [6.07, 6.45) is 2.82. The van der Waals surface area contributed by atoms with E-state index in [0.717, 1.165) is 23.4 Å². The highest BCUT2D eigenvalue weighted by molar-refractivity contribution is 5.72. The predicted molar refractivity (Wildman–Crippen MR) is 84.4 cm³/mol. The fourth-order valence-electron chi connectivity index (χ4n) is 3.16. The van der Waals surface area contributed by atoms with Crippen molar-refractivity contribution < 1.29 is 0 Å². The minimum absolute atomic E-state index is 0.221. The average Bonchev–Trinajstić information content (AvgIpc) is 3.08. The molecule has 0 aliphatic carbocycles. The molecule has 1 atom stereocenters. The van der Waals surface area contributed by atoms with Gasteiger partial charge in [-0.1, -0.05) is 18.2 Å². The highest BCUT2D eigenvalue weighted by Gasteiger charge is 2.27. The molecule has 3 heterocycles. The van der Waals surface area contributed by atoms with Crippen LogP contribution in [0.3, 0.4) is 0 Å². The zero-order chi connectivity index (χ0) is 14.4. The number of rotatable bonds is 2. The molecule has 0 radical (unpaired) electrons. The molecule has 0 bridgehead atoms. The summed E-state index contributed by atoms with van der Waals surface area (Å²) in [5, 5.41) is 3.60. The molecule has 1 aliphatic rings. The van der Waals surface area contributed by atoms with Gasteiger partial charge < -0.3 is 9.88 Å². The first-order valence-corrected chi connectivity index (χ1v) is 7.41. The third-order valence-electron chi connectivity index (χ3n) is 4.08. The lowest BCUT2D eigenvalue weighted by atomic mass is 10.1. The maximum Gasteiger partial charge on any atom is 0.160 e. The molecule has 1 unspecified atom stereocenters. The van der Waals surface area contributed by atoms with E-state index < -0.39 is 0 Å². The summed E-state index contributed by atoms with van der Waals surface area (Å²) < 4.78 is 2.25. The number of aromatic nitrogens is 3. The van der Waals surface area contributed by atoms with E-state index in [1.54, 1.807) is 0 Å². The number of nitrogens with zero attached hydrogens (tertiary/aromatic N) is 3. The summed E-state index contributed by atoms with van der Waals surface area (Å²) in [5.41, 5.74) is 4.52. The van der Waals surface area contributed by atoms with Gasteiger partial charge in [-0.15, -0.1) is 0 Å². The summed E-state index contributed by atoms with van der Waals surface area (Å²) in [5.74, 6) is 1.08. The lowest BCUT2D eigenvalue weighted by molar-refractivity contribution is 0.557. The van der Waals surface area contributed by atoms with E-state index >= 15 is 0 Å². The van der Waals surface area contributed by atoms with Crippen LogP contribution in [0.1, 0.15) is 37.3 Å². The van der Waals surface area contributed by atoms with Crippen LogP contribution in [-0.4, -0.2) is 14.5 Å². The van der Waals surface area contributed by atoms with E-state index in [1.165, 1.54) is 11.3 Å². The number of benzene rings is 1. The average molecular weight is 278 g/mol. The molecular weight excluding hydrogens is 260 g/mol. The quantitative estimate of drug-likeness (QED) is 0.777. The Morgan fingerprint density at radius 1 is 1.19 bits per heavy atom. The number of nitrogens with one attached hydrogen (secondary N) is 1. The molecular formula is C17H18N4. The van der Waals surface area contributed by atoms with Gasteiger partial charge in [0.2, 0.25) is 0 Å². The molecule has 4 rings (SSSR count). The molecule has 1 aliphatic heterocycles. The summed E-state index contributed by atoms with van der Waals surface area (Å²) in [4.78, 5) is 9.35. The molecule has 4 nitrogen and oxygen atoms in total. The standard InChI is InChI=1S/C17H18N4/c1-11(2)21-16-14(8-5-9-18-16)20-17(21)15-10-12-6-3-4-7-13(12)19-15/h3-9,11,15,19H,10H2,1-2H3. The number of fused-ring (bicyclic) bond motifs is 2. The highest BCUT2D eigenvalue weighted by Crippen LogP contribution is 2.35. The second-order valence-corrected chi connectivity index (χ2v) is 5.84. The van der Waals surface area contributed by atoms with Crippen LogP contribution in [0.5, 0.6) is 0 Å². The van der Waals surface area contributed by atoms with Crippen molar-refractivity contribution in [2.45, 2.75) is 32.4 Å². The molecule has 1 N–H and O–H groups in total. The Hall–Kier alpha value is -2.36. The Bertz CT molecular complexity index is 778. The smallest absolute Gasteiger partial charge is 0.160 e. The topological polar surface area (TPSA) is 42.7 Å². The van der Waals surface area contributed by atoms with Crippen molar-refractivity contribution >= 4 is 16.9 Å². The molecule has 0 fully saturated rings. The molecule has 106 valence electrons. The molecule has 0 saturated carbocycles. The van der Waals surface area contributed by atoms with Gasteiger partial charge in [0.15, 0.2) is 5.65 Å². The van der Waals surface area contributed by atoms with Crippen molar-refractivity contribution in [1.29, 1.82) is 0 Å². The second-order valence-electron chi connectivity index (χ2n) is 5.84. The van der Waals surface area contributed by atoms with E-state index in [2.05, 4.69) is 53.0 Å². The molecule has 21 heavy (non-hydrogen) atoms. The Labute approximate surface area is 123 Å². The van der Waals surface area contributed by atoms with Crippen LogP contribution in [0.4, 0.5) is 5.69 Å². The molecule has 3 aromatic rings. The van der Waals surface area contributed by atoms with Crippen LogP contribution in [-0.2, 0) is 6.42 Å². The Morgan fingerprint density at radius 3 is 2.86 bits per heavy atom. The largest absolute Gasteiger partial charge is 0.375 e. The van der Waals surface area contributed by atoms with Crippen LogP contribution in [0, 0.1) is 0 Å². The van der Waals surface area contributed by atoms with Crippen molar-refractivity contribution in [1.82, 2.24) is 14.5 Å². The van der Waals surface area contributed by atoms with Crippen molar-refractivity contribution in [2.24, 2.45) is 0 Å². The van der Waals surface area contributed by atoms with Crippen molar-refractivity contribution in [3.63, 3.8) is 0 Å². The van der Waals surface area contributed by atoms with Crippen LogP contribution < -0.4 is 5.32 Å². The Kier molecular flexibility index (Phi) is 2.70. The number of pyridine rings is 1. The van der Waals surface area contributed by atoms with E-state index in [9.17, 15) is 0 Å². The predicted octanol–water partition coefficient (Wildman–Crippen LogP) is 3.72. The van der Waals surface area contributed by atoms with Crippen LogP contribution in [0.2, 0.25) is 0 Å². The minimum Gasteiger partial charge on any atom is -0.375 e. The van der Waals surface area contributed by atoms with E-state index in [0.29, 0.717) is 6.04 Å². The van der Waals surface area contributed by atoms with Crippen LogP contribution in [0.15, 0.2) is 42.6 Å². The van der Waals surface area contributed by atoms with Crippen LogP contribution >= 0.6 is 0 Å². The van der Waals surface area contributed by atoms with Crippen molar-refractivity contribution in [3.8, 4) is 0 Å². The van der Waals surface area contributed by atoms with Crippen molar-refractivity contribution in [3.05, 3.63) is 54.0 Å². The third kappa shape index (κ3) is 1.90. The first-order chi connectivity index (χ1) is 10.2. The van der Waals surface area contributed by atoms with E-state index in [4.69, 9.17) is 4.98 Å². The zero-order valence-corrected chi connectivity index (χ0v) is 12.2. The van der Waals surface area contributed by atoms with Gasteiger partial charge in [-0.3, -0.25) is 0 Å².